The van der Waals surface area contributed by atoms with E-state index in [-0.39, 0.29) is 0 Å². The van der Waals surface area contributed by atoms with Crippen molar-refractivity contribution in [1.82, 2.24) is 15.0 Å². The highest BCUT2D eigenvalue weighted by Gasteiger charge is 2.21. The van der Waals surface area contributed by atoms with Crippen molar-refractivity contribution in [3.8, 4) is 5.88 Å². The minimum absolute atomic E-state index is 0.583. The maximum atomic E-state index is 5.76. The first-order valence-electron chi connectivity index (χ1n) is 7.51. The Kier molecular flexibility index (Phi) is 5.11. The van der Waals surface area contributed by atoms with Gasteiger partial charge in [0.2, 0.25) is 5.88 Å². The number of nitrogens with zero attached hydrogens (tertiary/aromatic N) is 4. The van der Waals surface area contributed by atoms with E-state index in [2.05, 4.69) is 19.9 Å². The van der Waals surface area contributed by atoms with Gasteiger partial charge in [-0.05, 0) is 37.1 Å². The van der Waals surface area contributed by atoms with Crippen LogP contribution < -0.4 is 9.64 Å². The molecule has 0 spiro atoms. The van der Waals surface area contributed by atoms with E-state index in [1.165, 1.54) is 0 Å². The molecule has 1 saturated heterocycles. The molecule has 0 N–H and O–H groups in total. The molecule has 1 aliphatic rings. The van der Waals surface area contributed by atoms with Gasteiger partial charge in [0, 0.05) is 31.5 Å². The second kappa shape index (κ2) is 7.45. The van der Waals surface area contributed by atoms with E-state index in [1.807, 2.05) is 36.7 Å². The third kappa shape index (κ3) is 3.88. The SMILES string of the molecule is CSc1nccc(N2CCC(COc3ccccn3)CC2)n1. The van der Waals surface area contributed by atoms with Crippen molar-refractivity contribution in [3.05, 3.63) is 36.7 Å². The zero-order chi connectivity index (χ0) is 15.2. The van der Waals surface area contributed by atoms with Crippen LogP contribution >= 0.6 is 11.8 Å². The molecule has 0 amide bonds. The smallest absolute Gasteiger partial charge is 0.213 e. The number of piperidine rings is 1. The number of ether oxygens (including phenoxy) is 1. The quantitative estimate of drug-likeness (QED) is 0.624. The number of rotatable bonds is 5. The Balaban J connectivity index is 1.49. The average molecular weight is 316 g/mol. The maximum absolute atomic E-state index is 5.76. The topological polar surface area (TPSA) is 51.1 Å². The van der Waals surface area contributed by atoms with Gasteiger partial charge in [-0.2, -0.15) is 0 Å². The lowest BCUT2D eigenvalue weighted by Gasteiger charge is -2.32. The molecule has 3 rings (SSSR count). The molecule has 1 fully saturated rings. The molecular weight excluding hydrogens is 296 g/mol. The zero-order valence-corrected chi connectivity index (χ0v) is 13.5. The van der Waals surface area contributed by atoms with Crippen LogP contribution in [0.1, 0.15) is 12.8 Å². The fraction of sp³-hybridized carbons (Fsp3) is 0.438. The van der Waals surface area contributed by atoms with Crippen LogP contribution in [0, 0.1) is 5.92 Å². The van der Waals surface area contributed by atoms with E-state index in [9.17, 15) is 0 Å². The summed E-state index contributed by atoms with van der Waals surface area (Å²) in [6, 6.07) is 7.74. The highest BCUT2D eigenvalue weighted by Crippen LogP contribution is 2.23. The summed E-state index contributed by atoms with van der Waals surface area (Å²) in [5.74, 6) is 2.33. The van der Waals surface area contributed by atoms with Gasteiger partial charge in [0.15, 0.2) is 5.16 Å². The number of thioether (sulfide) groups is 1. The fourth-order valence-electron chi connectivity index (χ4n) is 2.57. The van der Waals surface area contributed by atoms with Gasteiger partial charge in [-0.25, -0.2) is 15.0 Å². The minimum atomic E-state index is 0.583. The fourth-order valence-corrected chi connectivity index (χ4v) is 2.92. The summed E-state index contributed by atoms with van der Waals surface area (Å²) in [5.41, 5.74) is 0. The highest BCUT2D eigenvalue weighted by atomic mass is 32.2. The molecular formula is C16H20N4OS. The van der Waals surface area contributed by atoms with Crippen molar-refractivity contribution in [1.29, 1.82) is 0 Å². The average Bonchev–Trinajstić information content (AvgIpc) is 2.61. The van der Waals surface area contributed by atoms with Crippen molar-refractivity contribution < 1.29 is 4.74 Å². The third-order valence-corrected chi connectivity index (χ3v) is 4.41. The maximum Gasteiger partial charge on any atom is 0.213 e. The first-order valence-corrected chi connectivity index (χ1v) is 8.73. The zero-order valence-electron chi connectivity index (χ0n) is 12.7. The van der Waals surface area contributed by atoms with Gasteiger partial charge in [-0.15, -0.1) is 0 Å². The molecule has 0 radical (unpaired) electrons. The predicted molar refractivity (Wildman–Crippen MR) is 88.5 cm³/mol. The van der Waals surface area contributed by atoms with Crippen molar-refractivity contribution in [3.63, 3.8) is 0 Å². The number of hydrogen-bond acceptors (Lipinski definition) is 6. The van der Waals surface area contributed by atoms with Gasteiger partial charge in [0.1, 0.15) is 5.82 Å². The molecule has 0 unspecified atom stereocenters. The molecule has 2 aromatic heterocycles. The van der Waals surface area contributed by atoms with Gasteiger partial charge < -0.3 is 9.64 Å². The lowest BCUT2D eigenvalue weighted by molar-refractivity contribution is 0.216. The van der Waals surface area contributed by atoms with E-state index in [4.69, 9.17) is 4.74 Å². The Bertz CT molecular complexity index is 588. The summed E-state index contributed by atoms with van der Waals surface area (Å²) in [7, 11) is 0. The Morgan fingerprint density at radius 3 is 2.77 bits per heavy atom. The molecule has 0 aromatic carbocycles. The summed E-state index contributed by atoms with van der Waals surface area (Å²) in [6.45, 7) is 2.77. The monoisotopic (exact) mass is 316 g/mol. The molecule has 116 valence electrons. The van der Waals surface area contributed by atoms with E-state index in [1.54, 1.807) is 18.0 Å². The van der Waals surface area contributed by atoms with Gasteiger partial charge in [0.05, 0.1) is 6.61 Å². The standard InChI is InChI=1S/C16H20N4OS/c1-22-16-18-9-5-14(19-16)20-10-6-13(7-11-20)12-21-15-4-2-3-8-17-15/h2-5,8-9,13H,6-7,10-12H2,1H3. The molecule has 1 aliphatic heterocycles. The van der Waals surface area contributed by atoms with E-state index in [0.717, 1.165) is 43.5 Å². The van der Waals surface area contributed by atoms with Crippen LogP contribution in [-0.2, 0) is 0 Å². The van der Waals surface area contributed by atoms with Gasteiger partial charge >= 0.3 is 0 Å². The molecule has 6 heteroatoms. The Morgan fingerprint density at radius 1 is 1.18 bits per heavy atom. The first kappa shape index (κ1) is 15.1. The summed E-state index contributed by atoms with van der Waals surface area (Å²) in [6.07, 6.45) is 7.83. The van der Waals surface area contributed by atoms with E-state index < -0.39 is 0 Å². The Hall–Kier alpha value is -1.82. The molecule has 22 heavy (non-hydrogen) atoms. The van der Waals surface area contributed by atoms with Gasteiger partial charge in [-0.1, -0.05) is 17.8 Å². The summed E-state index contributed by atoms with van der Waals surface area (Å²) < 4.78 is 5.76. The van der Waals surface area contributed by atoms with Crippen molar-refractivity contribution >= 4 is 17.6 Å². The number of pyridine rings is 1. The second-order valence-corrected chi connectivity index (χ2v) is 6.08. The van der Waals surface area contributed by atoms with Crippen LogP contribution in [-0.4, -0.2) is 40.9 Å². The first-order chi connectivity index (χ1) is 10.8. The van der Waals surface area contributed by atoms with Crippen LogP contribution in [0.5, 0.6) is 5.88 Å². The Labute approximate surface area is 135 Å². The molecule has 2 aromatic rings. The largest absolute Gasteiger partial charge is 0.477 e. The molecule has 0 bridgehead atoms. The van der Waals surface area contributed by atoms with Crippen LogP contribution in [0.4, 0.5) is 5.82 Å². The molecule has 5 nitrogen and oxygen atoms in total. The van der Waals surface area contributed by atoms with Gasteiger partial charge in [0.25, 0.3) is 0 Å². The number of aromatic nitrogens is 3. The van der Waals surface area contributed by atoms with Crippen molar-refractivity contribution in [2.24, 2.45) is 5.92 Å². The van der Waals surface area contributed by atoms with E-state index >= 15 is 0 Å². The molecule has 0 atom stereocenters. The molecule has 0 saturated carbocycles. The third-order valence-electron chi connectivity index (χ3n) is 3.84. The molecule has 0 aliphatic carbocycles. The summed E-state index contributed by atoms with van der Waals surface area (Å²) in [5, 5.41) is 0.832. The number of anilines is 1. The number of hydrogen-bond donors (Lipinski definition) is 0. The minimum Gasteiger partial charge on any atom is -0.477 e. The summed E-state index contributed by atoms with van der Waals surface area (Å²) in [4.78, 5) is 15.3. The Morgan fingerprint density at radius 2 is 2.05 bits per heavy atom. The van der Waals surface area contributed by atoms with Crippen molar-refractivity contribution in [2.75, 3.05) is 30.9 Å². The molecule has 3 heterocycles. The van der Waals surface area contributed by atoms with Gasteiger partial charge in [-0.3, -0.25) is 0 Å². The van der Waals surface area contributed by atoms with Crippen molar-refractivity contribution in [2.45, 2.75) is 18.0 Å². The normalized spacial score (nSPS) is 15.8. The lowest BCUT2D eigenvalue weighted by atomic mass is 9.98. The predicted octanol–water partition coefficient (Wildman–Crippen LogP) is 2.89. The van der Waals surface area contributed by atoms with Crippen LogP contribution in [0.2, 0.25) is 0 Å². The highest BCUT2D eigenvalue weighted by molar-refractivity contribution is 7.98. The van der Waals surface area contributed by atoms with Crippen LogP contribution in [0.15, 0.2) is 41.8 Å². The summed E-state index contributed by atoms with van der Waals surface area (Å²) >= 11 is 1.58. The van der Waals surface area contributed by atoms with Crippen LogP contribution in [0.25, 0.3) is 0 Å². The lowest BCUT2D eigenvalue weighted by Crippen LogP contribution is -2.36. The van der Waals surface area contributed by atoms with E-state index in [0.29, 0.717) is 11.8 Å². The second-order valence-electron chi connectivity index (χ2n) is 5.31. The van der Waals surface area contributed by atoms with Crippen LogP contribution in [0.3, 0.4) is 0 Å².